The second-order valence-corrected chi connectivity index (χ2v) is 8.62. The number of allylic oxidation sites excluding steroid dienone is 2. The molecule has 9 heteroatoms. The first-order valence-corrected chi connectivity index (χ1v) is 10.4. The number of nitrogens with one attached hydrogen (secondary N) is 2. The molecule has 1 heterocycles. The highest BCUT2D eigenvalue weighted by Gasteiger charge is 2.38. The minimum atomic E-state index is -0.752. The summed E-state index contributed by atoms with van der Waals surface area (Å²) >= 11 is 0. The second kappa shape index (κ2) is 10.4. The van der Waals surface area contributed by atoms with E-state index in [1.165, 1.54) is 21.3 Å². The van der Waals surface area contributed by atoms with Crippen LogP contribution in [-0.4, -0.2) is 51.3 Å². The number of dihydropyridines is 1. The van der Waals surface area contributed by atoms with E-state index in [4.69, 9.17) is 18.9 Å². The third-order valence-corrected chi connectivity index (χ3v) is 4.97. The summed E-state index contributed by atoms with van der Waals surface area (Å²) in [7, 11) is 4.03. The third kappa shape index (κ3) is 6.06. The highest BCUT2D eigenvalue weighted by atomic mass is 16.5. The van der Waals surface area contributed by atoms with Crippen LogP contribution in [-0.2, 0) is 23.9 Å². The van der Waals surface area contributed by atoms with Crippen molar-refractivity contribution in [1.82, 2.24) is 10.6 Å². The summed E-state index contributed by atoms with van der Waals surface area (Å²) in [4.78, 5) is 37.4. The number of rotatable bonds is 7. The minimum Gasteiger partial charge on any atom is -0.493 e. The van der Waals surface area contributed by atoms with Crippen LogP contribution in [0.5, 0.6) is 11.5 Å². The quantitative estimate of drug-likeness (QED) is 0.597. The zero-order valence-corrected chi connectivity index (χ0v) is 20.4. The van der Waals surface area contributed by atoms with Gasteiger partial charge in [-0.05, 0) is 52.3 Å². The standard InChI is InChI=1S/C24H32N2O7/c1-13-19(22(28)31-7)21(20(14(2)25-13)23(29)32-8)15-9-10-16(17(11-15)30-6)33-12-18(27)26-24(3,4)5/h9-11,21,25H,12H2,1-8H3,(H,26,27). The Labute approximate surface area is 194 Å². The summed E-state index contributed by atoms with van der Waals surface area (Å²) in [5.41, 5.74) is 1.91. The van der Waals surface area contributed by atoms with Crippen molar-refractivity contribution in [2.24, 2.45) is 0 Å². The molecule has 2 rings (SSSR count). The molecule has 33 heavy (non-hydrogen) atoms. The Hall–Kier alpha value is -3.49. The molecule has 0 unspecified atom stereocenters. The molecule has 0 saturated heterocycles. The summed E-state index contributed by atoms with van der Waals surface area (Å²) in [5.74, 6) is -1.48. The van der Waals surface area contributed by atoms with Gasteiger partial charge in [0.2, 0.25) is 0 Å². The fraction of sp³-hybridized carbons (Fsp3) is 0.458. The molecule has 1 aromatic rings. The summed E-state index contributed by atoms with van der Waals surface area (Å²) in [6.45, 7) is 8.91. The Morgan fingerprint density at radius 2 is 1.48 bits per heavy atom. The van der Waals surface area contributed by atoms with Gasteiger partial charge in [0.25, 0.3) is 5.91 Å². The highest BCUT2D eigenvalue weighted by molar-refractivity contribution is 5.99. The van der Waals surface area contributed by atoms with Gasteiger partial charge in [0.15, 0.2) is 18.1 Å². The van der Waals surface area contributed by atoms with Gasteiger partial charge in [-0.15, -0.1) is 0 Å². The highest BCUT2D eigenvalue weighted by Crippen LogP contribution is 2.41. The molecule has 1 amide bonds. The van der Waals surface area contributed by atoms with Gasteiger partial charge in [-0.25, -0.2) is 9.59 Å². The summed E-state index contributed by atoms with van der Waals surface area (Å²) in [6.07, 6.45) is 0. The van der Waals surface area contributed by atoms with Crippen LogP contribution in [0.15, 0.2) is 40.7 Å². The van der Waals surface area contributed by atoms with Gasteiger partial charge >= 0.3 is 11.9 Å². The first kappa shape index (κ1) is 25.8. The molecule has 1 aliphatic rings. The number of ether oxygens (including phenoxy) is 4. The fourth-order valence-corrected chi connectivity index (χ4v) is 3.67. The lowest BCUT2D eigenvalue weighted by Gasteiger charge is -2.30. The molecule has 2 N–H and O–H groups in total. The average Bonchev–Trinajstić information content (AvgIpc) is 2.74. The van der Waals surface area contributed by atoms with Crippen molar-refractivity contribution in [3.63, 3.8) is 0 Å². The van der Waals surface area contributed by atoms with Gasteiger partial charge in [0.1, 0.15) is 0 Å². The Kier molecular flexibility index (Phi) is 8.13. The van der Waals surface area contributed by atoms with Gasteiger partial charge in [-0.1, -0.05) is 6.07 Å². The van der Waals surface area contributed by atoms with Crippen LogP contribution in [0.2, 0.25) is 0 Å². The second-order valence-electron chi connectivity index (χ2n) is 8.62. The van der Waals surface area contributed by atoms with E-state index in [0.717, 1.165) is 0 Å². The van der Waals surface area contributed by atoms with Gasteiger partial charge < -0.3 is 29.6 Å². The first-order valence-electron chi connectivity index (χ1n) is 10.4. The number of amides is 1. The topological polar surface area (TPSA) is 112 Å². The predicted molar refractivity (Wildman–Crippen MR) is 122 cm³/mol. The van der Waals surface area contributed by atoms with Crippen LogP contribution in [0, 0.1) is 0 Å². The smallest absolute Gasteiger partial charge is 0.336 e. The number of hydrogen-bond acceptors (Lipinski definition) is 8. The maximum Gasteiger partial charge on any atom is 0.336 e. The molecule has 0 bridgehead atoms. The van der Waals surface area contributed by atoms with E-state index in [-0.39, 0.29) is 29.2 Å². The maximum absolute atomic E-state index is 12.6. The maximum atomic E-state index is 12.6. The molecule has 180 valence electrons. The molecule has 0 fully saturated rings. The van der Waals surface area contributed by atoms with Crippen molar-refractivity contribution in [2.75, 3.05) is 27.9 Å². The normalized spacial score (nSPS) is 14.4. The van der Waals surface area contributed by atoms with Gasteiger partial charge in [-0.2, -0.15) is 0 Å². The van der Waals surface area contributed by atoms with Crippen molar-refractivity contribution in [3.8, 4) is 11.5 Å². The molecule has 0 aromatic heterocycles. The molecule has 1 aromatic carbocycles. The molecular weight excluding hydrogens is 428 g/mol. The SMILES string of the molecule is COC(=O)C1=C(C)NC(C)=C(C(=O)OC)C1c1ccc(OCC(=O)NC(C)(C)C)c(OC)c1. The minimum absolute atomic E-state index is 0.195. The third-order valence-electron chi connectivity index (χ3n) is 4.97. The number of carbonyl (C=O) groups is 3. The number of hydrogen-bond donors (Lipinski definition) is 2. The Balaban J connectivity index is 2.48. The zero-order valence-electron chi connectivity index (χ0n) is 20.4. The van der Waals surface area contributed by atoms with Crippen molar-refractivity contribution >= 4 is 17.8 Å². The van der Waals surface area contributed by atoms with Crippen LogP contribution in [0.3, 0.4) is 0 Å². The zero-order chi connectivity index (χ0) is 24.9. The summed E-state index contributed by atoms with van der Waals surface area (Å²) in [6, 6.07) is 5.01. The van der Waals surface area contributed by atoms with Gasteiger partial charge in [0, 0.05) is 16.9 Å². The molecule has 9 nitrogen and oxygen atoms in total. The Morgan fingerprint density at radius 1 is 0.939 bits per heavy atom. The van der Waals surface area contributed by atoms with E-state index in [0.29, 0.717) is 28.5 Å². The lowest BCUT2D eigenvalue weighted by atomic mass is 9.80. The molecule has 1 aliphatic heterocycles. The molecule has 0 aliphatic carbocycles. The Bertz CT molecular complexity index is 965. The molecule has 0 spiro atoms. The molecular formula is C24H32N2O7. The molecule has 0 atom stereocenters. The van der Waals surface area contributed by atoms with Crippen LogP contribution >= 0.6 is 0 Å². The van der Waals surface area contributed by atoms with E-state index in [1.54, 1.807) is 32.0 Å². The first-order chi connectivity index (χ1) is 15.4. The molecule has 0 saturated carbocycles. The van der Waals surface area contributed by atoms with Crippen LogP contribution in [0.25, 0.3) is 0 Å². The predicted octanol–water partition coefficient (Wildman–Crippen LogP) is 2.57. The number of carbonyl (C=O) groups excluding carboxylic acids is 3. The van der Waals surface area contributed by atoms with E-state index in [9.17, 15) is 14.4 Å². The number of benzene rings is 1. The number of methoxy groups -OCH3 is 3. The van der Waals surface area contributed by atoms with Crippen LogP contribution in [0.1, 0.15) is 46.1 Å². The van der Waals surface area contributed by atoms with E-state index in [1.807, 2.05) is 20.8 Å². The van der Waals surface area contributed by atoms with Crippen molar-refractivity contribution in [2.45, 2.75) is 46.1 Å². The van der Waals surface area contributed by atoms with Crippen molar-refractivity contribution < 1.29 is 33.3 Å². The summed E-state index contributed by atoms with van der Waals surface area (Å²) < 4.78 is 21.1. The van der Waals surface area contributed by atoms with Crippen LogP contribution in [0.4, 0.5) is 0 Å². The fourth-order valence-electron chi connectivity index (χ4n) is 3.67. The van der Waals surface area contributed by atoms with Gasteiger partial charge in [-0.3, -0.25) is 4.79 Å². The summed E-state index contributed by atoms with van der Waals surface area (Å²) in [5, 5.41) is 5.88. The van der Waals surface area contributed by atoms with Crippen LogP contribution < -0.4 is 20.1 Å². The van der Waals surface area contributed by atoms with E-state index < -0.39 is 17.9 Å². The lowest BCUT2D eigenvalue weighted by molar-refractivity contribution is -0.137. The van der Waals surface area contributed by atoms with E-state index in [2.05, 4.69) is 10.6 Å². The largest absolute Gasteiger partial charge is 0.493 e. The number of esters is 2. The monoisotopic (exact) mass is 460 g/mol. The van der Waals surface area contributed by atoms with Gasteiger partial charge in [0.05, 0.1) is 38.4 Å². The average molecular weight is 461 g/mol. The van der Waals surface area contributed by atoms with Crippen molar-refractivity contribution in [1.29, 1.82) is 0 Å². The lowest BCUT2D eigenvalue weighted by Crippen LogP contribution is -2.43. The van der Waals surface area contributed by atoms with Crippen molar-refractivity contribution in [3.05, 3.63) is 46.3 Å². The molecule has 0 radical (unpaired) electrons. The van der Waals surface area contributed by atoms with E-state index >= 15 is 0 Å². The Morgan fingerprint density at radius 3 is 1.94 bits per heavy atom.